The van der Waals surface area contributed by atoms with Gasteiger partial charge in [0.05, 0.1) is 0 Å². The first-order valence-corrected chi connectivity index (χ1v) is 12.0. The Kier molecular flexibility index (Phi) is 6.12. The van der Waals surface area contributed by atoms with Gasteiger partial charge in [0, 0.05) is 0 Å². The molecule has 1 heterocycles. The summed E-state index contributed by atoms with van der Waals surface area (Å²) in [4.78, 5) is 0. The Morgan fingerprint density at radius 3 is 2.12 bits per heavy atom. The molecule has 0 aliphatic carbocycles. The summed E-state index contributed by atoms with van der Waals surface area (Å²) >= 11 is 0.233. The Balaban J connectivity index is 1.49. The van der Waals surface area contributed by atoms with Crippen LogP contribution in [0.4, 0.5) is 0 Å². The summed E-state index contributed by atoms with van der Waals surface area (Å²) in [5.74, 6) is 0.768. The topological polar surface area (TPSA) is 37.4 Å². The fourth-order valence-corrected chi connectivity index (χ4v) is 7.50. The molecule has 3 nitrogen and oxygen atoms in total. The van der Waals surface area contributed by atoms with Crippen LogP contribution in [0.5, 0.6) is 0 Å². The van der Waals surface area contributed by atoms with E-state index < -0.39 is 10.0 Å². The van der Waals surface area contributed by atoms with Gasteiger partial charge in [-0.05, 0) is 0 Å². The molecule has 0 radical (unpaired) electrons. The molecule has 0 bridgehead atoms. The Labute approximate surface area is 151 Å². The number of nitrogens with zero attached hydrogens (tertiary/aromatic N) is 1. The van der Waals surface area contributed by atoms with Crippen molar-refractivity contribution < 1.29 is 8.42 Å². The molecule has 0 unspecified atom stereocenters. The zero-order valence-electron chi connectivity index (χ0n) is 13.7. The van der Waals surface area contributed by atoms with E-state index in [9.17, 15) is 8.42 Å². The molecule has 0 atom stereocenters. The van der Waals surface area contributed by atoms with E-state index in [1.165, 1.54) is 10.0 Å². The predicted molar refractivity (Wildman–Crippen MR) is 100 cm³/mol. The van der Waals surface area contributed by atoms with Crippen molar-refractivity contribution in [1.29, 1.82) is 0 Å². The first kappa shape index (κ1) is 17.7. The zero-order valence-corrected chi connectivity index (χ0v) is 16.2. The summed E-state index contributed by atoms with van der Waals surface area (Å²) in [7, 11) is -3.11. The summed E-state index contributed by atoms with van der Waals surface area (Å²) in [6.07, 6.45) is 1.85. The van der Waals surface area contributed by atoms with Gasteiger partial charge in [-0.15, -0.1) is 0 Å². The van der Waals surface area contributed by atoms with Crippen LogP contribution in [0.15, 0.2) is 60.7 Å². The zero-order chi connectivity index (χ0) is 16.8. The van der Waals surface area contributed by atoms with E-state index in [0.29, 0.717) is 19.0 Å². The summed E-state index contributed by atoms with van der Waals surface area (Å²) in [5.41, 5.74) is 1.34. The van der Waals surface area contributed by atoms with Gasteiger partial charge in [0.25, 0.3) is 0 Å². The minimum absolute atomic E-state index is 0.233. The first-order valence-electron chi connectivity index (χ1n) is 8.36. The second-order valence-corrected chi connectivity index (χ2v) is 10.6. The third kappa shape index (κ3) is 4.70. The van der Waals surface area contributed by atoms with E-state index in [1.54, 1.807) is 4.31 Å². The number of piperidine rings is 1. The molecule has 5 heteroatoms. The van der Waals surface area contributed by atoms with Crippen LogP contribution in [0.25, 0.3) is 0 Å². The Morgan fingerprint density at radius 2 is 1.50 bits per heavy atom. The van der Waals surface area contributed by atoms with E-state index in [2.05, 4.69) is 36.4 Å². The second kappa shape index (κ2) is 8.30. The van der Waals surface area contributed by atoms with E-state index in [1.807, 2.05) is 24.3 Å². The number of sulfonamides is 1. The molecule has 1 saturated heterocycles. The van der Waals surface area contributed by atoms with Crippen molar-refractivity contribution in [2.75, 3.05) is 18.8 Å². The Morgan fingerprint density at radius 1 is 0.917 bits per heavy atom. The number of hydrogen-bond acceptors (Lipinski definition) is 2. The van der Waals surface area contributed by atoms with Crippen LogP contribution < -0.4 is 4.46 Å². The van der Waals surface area contributed by atoms with Crippen molar-refractivity contribution in [2.24, 2.45) is 0 Å². The van der Waals surface area contributed by atoms with Gasteiger partial charge in [0.1, 0.15) is 0 Å². The molecular formula is C19H23NO2SSe. The van der Waals surface area contributed by atoms with Gasteiger partial charge in [-0.25, -0.2) is 0 Å². The van der Waals surface area contributed by atoms with Crippen LogP contribution in [0.3, 0.4) is 0 Å². The molecule has 1 aliphatic heterocycles. The standard InChI is InChI=1S/C19H23NO2SSe/c21-23(22,15-16-24-19-9-5-2-6-10-19)20-13-11-18(12-14-20)17-7-3-1-4-8-17/h1-10,18H,11-16H2. The molecule has 0 N–H and O–H groups in total. The first-order chi connectivity index (χ1) is 11.6. The molecule has 0 saturated carbocycles. The molecule has 2 aromatic rings. The van der Waals surface area contributed by atoms with Gasteiger partial charge >= 0.3 is 151 Å². The van der Waals surface area contributed by atoms with Crippen molar-refractivity contribution in [2.45, 2.75) is 24.1 Å². The van der Waals surface area contributed by atoms with Crippen LogP contribution in [0.2, 0.25) is 5.32 Å². The number of benzene rings is 2. The van der Waals surface area contributed by atoms with Gasteiger partial charge in [-0.1, -0.05) is 0 Å². The molecule has 1 fully saturated rings. The Hall–Kier alpha value is -1.13. The predicted octanol–water partition coefficient (Wildman–Crippen LogP) is 2.64. The molecule has 1 aliphatic rings. The van der Waals surface area contributed by atoms with Crippen LogP contribution in [-0.2, 0) is 10.0 Å². The van der Waals surface area contributed by atoms with Crippen molar-refractivity contribution in [3.63, 3.8) is 0 Å². The minimum atomic E-state index is -3.11. The maximum absolute atomic E-state index is 12.6. The van der Waals surface area contributed by atoms with Crippen LogP contribution in [0.1, 0.15) is 24.3 Å². The van der Waals surface area contributed by atoms with Crippen LogP contribution >= 0.6 is 0 Å². The van der Waals surface area contributed by atoms with Gasteiger partial charge in [-0.2, -0.15) is 0 Å². The second-order valence-electron chi connectivity index (χ2n) is 6.06. The molecule has 0 spiro atoms. The number of hydrogen-bond donors (Lipinski definition) is 0. The molecule has 0 aromatic heterocycles. The monoisotopic (exact) mass is 409 g/mol. The molecule has 128 valence electrons. The quantitative estimate of drug-likeness (QED) is 0.690. The third-order valence-corrected chi connectivity index (χ3v) is 9.05. The van der Waals surface area contributed by atoms with Crippen LogP contribution in [-0.4, -0.2) is 46.5 Å². The van der Waals surface area contributed by atoms with E-state index in [-0.39, 0.29) is 20.7 Å². The van der Waals surface area contributed by atoms with E-state index in [0.717, 1.165) is 18.2 Å². The van der Waals surface area contributed by atoms with Crippen LogP contribution in [0, 0.1) is 0 Å². The van der Waals surface area contributed by atoms with Crippen molar-refractivity contribution >= 4 is 29.4 Å². The van der Waals surface area contributed by atoms with Crippen molar-refractivity contribution in [3.8, 4) is 0 Å². The molecule has 0 amide bonds. The molecular weight excluding hydrogens is 385 g/mol. The molecule has 2 aromatic carbocycles. The number of rotatable bonds is 6. The fraction of sp³-hybridized carbons (Fsp3) is 0.368. The van der Waals surface area contributed by atoms with E-state index in [4.69, 9.17) is 0 Å². The fourth-order valence-electron chi connectivity index (χ4n) is 3.10. The van der Waals surface area contributed by atoms with E-state index >= 15 is 0 Å². The average molecular weight is 408 g/mol. The molecule has 3 rings (SSSR count). The Bertz CT molecular complexity index is 726. The van der Waals surface area contributed by atoms with Gasteiger partial charge in [0.2, 0.25) is 0 Å². The van der Waals surface area contributed by atoms with Gasteiger partial charge in [-0.3, -0.25) is 0 Å². The normalized spacial score (nSPS) is 17.0. The van der Waals surface area contributed by atoms with Gasteiger partial charge in [0.15, 0.2) is 0 Å². The van der Waals surface area contributed by atoms with Crippen molar-refractivity contribution in [3.05, 3.63) is 66.2 Å². The maximum atomic E-state index is 12.6. The molecule has 24 heavy (non-hydrogen) atoms. The SMILES string of the molecule is O=S(=O)(CC[Se]c1ccccc1)N1CCC(c2ccccc2)CC1. The summed E-state index contributed by atoms with van der Waals surface area (Å²) in [6, 6.07) is 20.6. The van der Waals surface area contributed by atoms with Gasteiger partial charge < -0.3 is 0 Å². The van der Waals surface area contributed by atoms with Crippen molar-refractivity contribution in [1.82, 2.24) is 4.31 Å². The third-order valence-electron chi connectivity index (χ3n) is 4.47. The summed E-state index contributed by atoms with van der Waals surface area (Å²) in [5, 5.41) is 0.748. The average Bonchev–Trinajstić information content (AvgIpc) is 2.63. The summed E-state index contributed by atoms with van der Waals surface area (Å²) in [6.45, 7) is 1.31. The summed E-state index contributed by atoms with van der Waals surface area (Å²) < 4.78 is 28.1.